The maximum absolute atomic E-state index is 4.65. The van der Waals surface area contributed by atoms with Gasteiger partial charge in [-0.1, -0.05) is 18.2 Å². The van der Waals surface area contributed by atoms with Gasteiger partial charge >= 0.3 is 0 Å². The van der Waals surface area contributed by atoms with E-state index in [9.17, 15) is 0 Å². The average Bonchev–Trinajstić information content (AvgIpc) is 2.88. The zero-order valence-corrected chi connectivity index (χ0v) is 8.59. The van der Waals surface area contributed by atoms with E-state index in [0.717, 1.165) is 23.6 Å². The highest BCUT2D eigenvalue weighted by molar-refractivity contribution is 6.33. The lowest BCUT2D eigenvalue weighted by molar-refractivity contribution is 0.840. The lowest BCUT2D eigenvalue weighted by Gasteiger charge is -2.13. The number of imidazole rings is 1. The van der Waals surface area contributed by atoms with Crippen molar-refractivity contribution in [2.24, 2.45) is 4.99 Å². The molecule has 2 aromatic rings. The topological polar surface area (TPSA) is 30.2 Å². The number of nitrogens with zero attached hydrogens (tertiary/aromatic N) is 3. The molecule has 0 saturated carbocycles. The van der Waals surface area contributed by atoms with E-state index in [1.807, 2.05) is 18.6 Å². The minimum atomic E-state index is 0.829. The third-order valence-corrected chi connectivity index (χ3v) is 3.12. The lowest BCUT2D eigenvalue weighted by Crippen LogP contribution is -2.14. The third-order valence-electron chi connectivity index (χ3n) is 3.12. The van der Waals surface area contributed by atoms with Gasteiger partial charge in [-0.2, -0.15) is 0 Å². The number of allylic oxidation sites excluding steroid dienone is 1. The van der Waals surface area contributed by atoms with Crippen LogP contribution in [0.15, 0.2) is 41.8 Å². The molecular formula is C13H9N3. The summed E-state index contributed by atoms with van der Waals surface area (Å²) in [6.07, 6.45) is 5.92. The molecule has 0 radical (unpaired) electrons. The van der Waals surface area contributed by atoms with E-state index in [4.69, 9.17) is 0 Å². The Kier molecular flexibility index (Phi) is 1.36. The van der Waals surface area contributed by atoms with E-state index in [-0.39, 0.29) is 0 Å². The number of hydrogen-bond acceptors (Lipinski definition) is 2. The van der Waals surface area contributed by atoms with E-state index in [0.29, 0.717) is 0 Å². The molecule has 0 amide bonds. The summed E-state index contributed by atoms with van der Waals surface area (Å²) in [7, 11) is 0. The van der Waals surface area contributed by atoms with Crippen LogP contribution in [-0.2, 0) is 6.54 Å². The van der Waals surface area contributed by atoms with Crippen LogP contribution in [0.1, 0.15) is 11.3 Å². The number of aliphatic imine (C=N–C) groups is 1. The van der Waals surface area contributed by atoms with Crippen LogP contribution in [0.25, 0.3) is 11.6 Å². The van der Waals surface area contributed by atoms with E-state index in [1.54, 1.807) is 0 Å². The highest BCUT2D eigenvalue weighted by atomic mass is 15.1. The van der Waals surface area contributed by atoms with Crippen molar-refractivity contribution in [1.29, 1.82) is 0 Å². The van der Waals surface area contributed by atoms with Gasteiger partial charge in [-0.15, -0.1) is 0 Å². The predicted molar refractivity (Wildman–Crippen MR) is 63.6 cm³/mol. The SMILES string of the molecule is C1=C2C(=Nc3ccccc32)Cn2cncc21. The second-order valence-corrected chi connectivity index (χ2v) is 4.08. The van der Waals surface area contributed by atoms with Gasteiger partial charge in [0, 0.05) is 11.1 Å². The van der Waals surface area contributed by atoms with Crippen molar-refractivity contribution in [3.05, 3.63) is 48.0 Å². The molecule has 0 unspecified atom stereocenters. The fraction of sp³-hybridized carbons (Fsp3) is 0.0769. The van der Waals surface area contributed by atoms with Crippen LogP contribution in [0.3, 0.4) is 0 Å². The smallest absolute Gasteiger partial charge is 0.0954 e. The summed E-state index contributed by atoms with van der Waals surface area (Å²) in [6.45, 7) is 0.829. The van der Waals surface area contributed by atoms with Crippen molar-refractivity contribution in [3.63, 3.8) is 0 Å². The summed E-state index contributed by atoms with van der Waals surface area (Å²) in [5, 5.41) is 0. The summed E-state index contributed by atoms with van der Waals surface area (Å²) < 4.78 is 2.12. The van der Waals surface area contributed by atoms with Crippen LogP contribution < -0.4 is 0 Å². The molecular weight excluding hydrogens is 198 g/mol. The third kappa shape index (κ3) is 0.922. The summed E-state index contributed by atoms with van der Waals surface area (Å²) in [5.41, 5.74) is 5.88. The summed E-state index contributed by atoms with van der Waals surface area (Å²) in [6, 6.07) is 8.28. The molecule has 1 aromatic heterocycles. The van der Waals surface area contributed by atoms with Crippen molar-refractivity contribution in [1.82, 2.24) is 9.55 Å². The van der Waals surface area contributed by atoms with E-state index in [1.165, 1.54) is 11.1 Å². The Hall–Kier alpha value is -2.16. The molecule has 3 nitrogen and oxygen atoms in total. The molecule has 3 heterocycles. The zero-order chi connectivity index (χ0) is 10.5. The maximum atomic E-state index is 4.65. The van der Waals surface area contributed by atoms with Crippen molar-refractivity contribution < 1.29 is 0 Å². The van der Waals surface area contributed by atoms with E-state index in [2.05, 4.69) is 38.8 Å². The summed E-state index contributed by atoms with van der Waals surface area (Å²) >= 11 is 0. The van der Waals surface area contributed by atoms with E-state index >= 15 is 0 Å². The number of benzene rings is 1. The second kappa shape index (κ2) is 2.70. The van der Waals surface area contributed by atoms with Crippen LogP contribution in [0.2, 0.25) is 0 Å². The van der Waals surface area contributed by atoms with Crippen molar-refractivity contribution in [2.45, 2.75) is 6.54 Å². The van der Waals surface area contributed by atoms with Gasteiger partial charge in [0.05, 0.1) is 36.2 Å². The van der Waals surface area contributed by atoms with Gasteiger partial charge in [-0.25, -0.2) is 4.98 Å². The van der Waals surface area contributed by atoms with Crippen LogP contribution in [0.4, 0.5) is 5.69 Å². The number of fused-ring (bicyclic) bond motifs is 4. The molecule has 0 atom stereocenters. The summed E-state index contributed by atoms with van der Waals surface area (Å²) in [4.78, 5) is 8.80. The normalized spacial score (nSPS) is 16.0. The molecule has 0 N–H and O–H groups in total. The van der Waals surface area contributed by atoms with Gasteiger partial charge in [0.1, 0.15) is 0 Å². The first-order valence-corrected chi connectivity index (χ1v) is 5.31. The first-order valence-electron chi connectivity index (χ1n) is 5.31. The minimum Gasteiger partial charge on any atom is -0.325 e. The molecule has 0 saturated heterocycles. The second-order valence-electron chi connectivity index (χ2n) is 4.08. The molecule has 1 aromatic carbocycles. The molecule has 0 bridgehead atoms. The van der Waals surface area contributed by atoms with Gasteiger partial charge in [-0.3, -0.25) is 4.99 Å². The zero-order valence-electron chi connectivity index (χ0n) is 8.59. The van der Waals surface area contributed by atoms with Gasteiger partial charge < -0.3 is 4.57 Å². The highest BCUT2D eigenvalue weighted by Crippen LogP contribution is 2.37. The molecule has 0 fully saturated rings. The van der Waals surface area contributed by atoms with Gasteiger partial charge in [-0.05, 0) is 12.1 Å². The van der Waals surface area contributed by atoms with Crippen LogP contribution >= 0.6 is 0 Å². The Morgan fingerprint density at radius 1 is 1.19 bits per heavy atom. The standard InChI is InChI=1S/C13H9N3/c1-2-4-12-10(3-1)11-5-9-6-14-8-16(9)7-13(11)15-12/h1-6,8H,7H2. The molecule has 0 aliphatic carbocycles. The Balaban J connectivity index is 1.99. The predicted octanol–water partition coefficient (Wildman–Crippen LogP) is 2.52. The average molecular weight is 207 g/mol. The van der Waals surface area contributed by atoms with Crippen molar-refractivity contribution in [3.8, 4) is 0 Å². The van der Waals surface area contributed by atoms with Crippen molar-refractivity contribution in [2.75, 3.05) is 0 Å². The molecule has 3 heteroatoms. The molecule has 16 heavy (non-hydrogen) atoms. The lowest BCUT2D eigenvalue weighted by atomic mass is 10.00. The monoisotopic (exact) mass is 207 g/mol. The van der Waals surface area contributed by atoms with Crippen molar-refractivity contribution >= 4 is 23.0 Å². The highest BCUT2D eigenvalue weighted by Gasteiger charge is 2.24. The van der Waals surface area contributed by atoms with Crippen LogP contribution in [-0.4, -0.2) is 15.3 Å². The Morgan fingerprint density at radius 3 is 3.12 bits per heavy atom. The summed E-state index contributed by atoms with van der Waals surface area (Å²) in [5.74, 6) is 0. The Morgan fingerprint density at radius 2 is 2.12 bits per heavy atom. The maximum Gasteiger partial charge on any atom is 0.0954 e. The number of hydrogen-bond donors (Lipinski definition) is 0. The molecule has 0 spiro atoms. The Labute approximate surface area is 92.8 Å². The van der Waals surface area contributed by atoms with Gasteiger partial charge in [0.15, 0.2) is 0 Å². The quantitative estimate of drug-likeness (QED) is 0.652. The largest absolute Gasteiger partial charge is 0.325 e. The molecule has 4 rings (SSSR count). The molecule has 2 aliphatic heterocycles. The Bertz CT molecular complexity index is 647. The van der Waals surface area contributed by atoms with Crippen LogP contribution in [0, 0.1) is 0 Å². The first-order chi connectivity index (χ1) is 7.92. The fourth-order valence-corrected chi connectivity index (χ4v) is 2.33. The fourth-order valence-electron chi connectivity index (χ4n) is 2.33. The van der Waals surface area contributed by atoms with E-state index < -0.39 is 0 Å². The molecule has 2 aliphatic rings. The number of aromatic nitrogens is 2. The van der Waals surface area contributed by atoms with Gasteiger partial charge in [0.25, 0.3) is 0 Å². The number of rotatable bonds is 0. The van der Waals surface area contributed by atoms with Gasteiger partial charge in [0.2, 0.25) is 0 Å². The minimum absolute atomic E-state index is 0.829. The van der Waals surface area contributed by atoms with Crippen LogP contribution in [0.5, 0.6) is 0 Å². The first kappa shape index (κ1) is 8.05. The number of para-hydroxylation sites is 1. The molecule has 76 valence electrons.